The van der Waals surface area contributed by atoms with Gasteiger partial charge >= 0.3 is 0 Å². The van der Waals surface area contributed by atoms with Gasteiger partial charge in [0.1, 0.15) is 5.82 Å². The SMILES string of the molecule is O=C(Cc1ccccc1Cl)Nc1ccc(C(=O)N2Cc3nccn3Cc3ccccc32)cc1. The molecule has 6 nitrogen and oxygen atoms in total. The van der Waals surface area contributed by atoms with Gasteiger partial charge in [0.25, 0.3) is 5.91 Å². The molecule has 1 N–H and O–H groups in total. The standard InChI is InChI=1S/C26H21ClN4O2/c27-22-7-3-1-5-19(22)15-25(32)29-21-11-9-18(10-12-21)26(33)31-17-24-28-13-14-30(24)16-20-6-2-4-8-23(20)31/h1-14H,15-17H2,(H,29,32). The minimum atomic E-state index is -0.171. The number of hydrogen-bond acceptors (Lipinski definition) is 3. The van der Waals surface area contributed by atoms with Gasteiger partial charge in [-0.15, -0.1) is 0 Å². The van der Waals surface area contributed by atoms with Gasteiger partial charge < -0.3 is 14.8 Å². The normalized spacial score (nSPS) is 12.5. The first-order valence-corrected chi connectivity index (χ1v) is 11.0. The summed E-state index contributed by atoms with van der Waals surface area (Å²) < 4.78 is 2.06. The lowest BCUT2D eigenvalue weighted by Crippen LogP contribution is -2.30. The van der Waals surface area contributed by atoms with Crippen LogP contribution in [0.2, 0.25) is 5.02 Å². The van der Waals surface area contributed by atoms with E-state index in [4.69, 9.17) is 11.6 Å². The number of para-hydroxylation sites is 1. The van der Waals surface area contributed by atoms with Crippen molar-refractivity contribution in [1.82, 2.24) is 9.55 Å². The van der Waals surface area contributed by atoms with Crippen LogP contribution in [-0.2, 0) is 24.3 Å². The zero-order chi connectivity index (χ0) is 22.8. The van der Waals surface area contributed by atoms with E-state index in [2.05, 4.69) is 14.9 Å². The molecular weight excluding hydrogens is 436 g/mol. The number of anilines is 2. The van der Waals surface area contributed by atoms with Crippen molar-refractivity contribution < 1.29 is 9.59 Å². The molecule has 0 saturated heterocycles. The average Bonchev–Trinajstić information content (AvgIpc) is 3.19. The van der Waals surface area contributed by atoms with Gasteiger partial charge in [0, 0.05) is 34.4 Å². The van der Waals surface area contributed by atoms with Crippen molar-refractivity contribution in [3.05, 3.63) is 113 Å². The summed E-state index contributed by atoms with van der Waals surface area (Å²) in [5.41, 5.74) is 3.86. The Morgan fingerprint density at radius 2 is 1.70 bits per heavy atom. The number of hydrogen-bond donors (Lipinski definition) is 1. The number of benzene rings is 3. The van der Waals surface area contributed by atoms with Crippen LogP contribution in [0.1, 0.15) is 27.3 Å². The Bertz CT molecular complexity index is 1330. The summed E-state index contributed by atoms with van der Waals surface area (Å²) >= 11 is 6.14. The third-order valence-corrected chi connectivity index (χ3v) is 6.06. The van der Waals surface area contributed by atoms with Gasteiger partial charge in [-0.1, -0.05) is 48.0 Å². The second kappa shape index (κ2) is 8.92. The van der Waals surface area contributed by atoms with E-state index in [1.54, 1.807) is 41.4 Å². The summed E-state index contributed by atoms with van der Waals surface area (Å²) in [5, 5.41) is 3.42. The maximum Gasteiger partial charge on any atom is 0.258 e. The van der Waals surface area contributed by atoms with Gasteiger partial charge in [0.15, 0.2) is 0 Å². The third-order valence-electron chi connectivity index (χ3n) is 5.69. The first kappa shape index (κ1) is 21.0. The summed E-state index contributed by atoms with van der Waals surface area (Å²) in [4.78, 5) is 32.0. The molecule has 0 radical (unpaired) electrons. The van der Waals surface area contributed by atoms with Gasteiger partial charge in [0.2, 0.25) is 5.91 Å². The number of rotatable bonds is 4. The summed E-state index contributed by atoms with van der Waals surface area (Å²) in [6.45, 7) is 1.06. The Hall–Kier alpha value is -3.90. The molecule has 0 fully saturated rings. The van der Waals surface area contributed by atoms with Gasteiger partial charge in [-0.2, -0.15) is 0 Å². The van der Waals surface area contributed by atoms with Crippen molar-refractivity contribution in [3.63, 3.8) is 0 Å². The van der Waals surface area contributed by atoms with Crippen molar-refractivity contribution in [2.45, 2.75) is 19.5 Å². The van der Waals surface area contributed by atoms with E-state index in [1.165, 1.54) is 0 Å². The minimum Gasteiger partial charge on any atom is -0.329 e. The van der Waals surface area contributed by atoms with Crippen LogP contribution in [0.4, 0.5) is 11.4 Å². The summed E-state index contributed by atoms with van der Waals surface area (Å²) in [5.74, 6) is 0.548. The number of aromatic nitrogens is 2. The topological polar surface area (TPSA) is 67.2 Å². The molecule has 5 rings (SSSR count). The number of nitrogens with one attached hydrogen (secondary N) is 1. The van der Waals surface area contributed by atoms with E-state index in [0.29, 0.717) is 29.4 Å². The number of nitrogens with zero attached hydrogens (tertiary/aromatic N) is 3. The second-order valence-corrected chi connectivity index (χ2v) is 8.29. The molecule has 164 valence electrons. The van der Waals surface area contributed by atoms with E-state index in [0.717, 1.165) is 22.6 Å². The maximum atomic E-state index is 13.4. The number of amides is 2. The molecule has 0 spiro atoms. The van der Waals surface area contributed by atoms with Crippen LogP contribution < -0.4 is 10.2 Å². The van der Waals surface area contributed by atoms with Crippen LogP contribution in [0, 0.1) is 0 Å². The van der Waals surface area contributed by atoms with Crippen molar-refractivity contribution in [2.75, 3.05) is 10.2 Å². The lowest BCUT2D eigenvalue weighted by molar-refractivity contribution is -0.115. The Balaban J connectivity index is 1.33. The first-order valence-electron chi connectivity index (χ1n) is 10.6. The number of halogens is 1. The zero-order valence-corrected chi connectivity index (χ0v) is 18.5. The molecule has 0 atom stereocenters. The van der Waals surface area contributed by atoms with Crippen molar-refractivity contribution in [2.24, 2.45) is 0 Å². The molecule has 4 aromatic rings. The summed E-state index contributed by atoms with van der Waals surface area (Å²) in [7, 11) is 0. The number of fused-ring (bicyclic) bond motifs is 2. The van der Waals surface area contributed by atoms with Gasteiger partial charge in [-0.25, -0.2) is 4.98 Å². The van der Waals surface area contributed by atoms with Crippen molar-refractivity contribution in [3.8, 4) is 0 Å². The number of carbonyl (C=O) groups excluding carboxylic acids is 2. The minimum absolute atomic E-state index is 0.118. The van der Waals surface area contributed by atoms with E-state index in [9.17, 15) is 9.59 Å². The number of carbonyl (C=O) groups is 2. The van der Waals surface area contributed by atoms with Crippen LogP contribution in [0.5, 0.6) is 0 Å². The molecule has 0 bridgehead atoms. The fourth-order valence-corrected chi connectivity index (χ4v) is 4.21. The molecule has 33 heavy (non-hydrogen) atoms. The number of imidazole rings is 1. The quantitative estimate of drug-likeness (QED) is 0.473. The second-order valence-electron chi connectivity index (χ2n) is 7.89. The highest BCUT2D eigenvalue weighted by atomic mass is 35.5. The highest BCUT2D eigenvalue weighted by Crippen LogP contribution is 2.28. The molecule has 2 heterocycles. The van der Waals surface area contributed by atoms with Gasteiger partial charge in [0.05, 0.1) is 19.5 Å². The first-order chi connectivity index (χ1) is 16.1. The Kier molecular flexibility index (Phi) is 5.67. The van der Waals surface area contributed by atoms with E-state index < -0.39 is 0 Å². The molecule has 7 heteroatoms. The van der Waals surface area contributed by atoms with E-state index in [1.807, 2.05) is 48.7 Å². The molecule has 3 aromatic carbocycles. The molecule has 1 aliphatic heterocycles. The summed E-state index contributed by atoms with van der Waals surface area (Å²) in [6.07, 6.45) is 3.86. The lowest BCUT2D eigenvalue weighted by Gasteiger charge is -2.22. The molecule has 0 unspecified atom stereocenters. The van der Waals surface area contributed by atoms with Gasteiger partial charge in [-0.3, -0.25) is 9.59 Å². The van der Waals surface area contributed by atoms with Crippen LogP contribution in [-0.4, -0.2) is 21.4 Å². The average molecular weight is 457 g/mol. The molecule has 0 saturated carbocycles. The molecule has 1 aromatic heterocycles. The monoisotopic (exact) mass is 456 g/mol. The smallest absolute Gasteiger partial charge is 0.258 e. The largest absolute Gasteiger partial charge is 0.329 e. The van der Waals surface area contributed by atoms with Gasteiger partial charge in [-0.05, 0) is 47.5 Å². The molecule has 2 amide bonds. The van der Waals surface area contributed by atoms with Crippen molar-refractivity contribution >= 4 is 34.8 Å². The van der Waals surface area contributed by atoms with E-state index in [-0.39, 0.29) is 18.2 Å². The maximum absolute atomic E-state index is 13.4. The predicted octanol–water partition coefficient (Wildman–Crippen LogP) is 4.93. The molecule has 1 aliphatic rings. The lowest BCUT2D eigenvalue weighted by atomic mass is 10.1. The fraction of sp³-hybridized carbons (Fsp3) is 0.115. The molecule has 0 aliphatic carbocycles. The Morgan fingerprint density at radius 3 is 2.52 bits per heavy atom. The highest BCUT2D eigenvalue weighted by molar-refractivity contribution is 6.31. The zero-order valence-electron chi connectivity index (χ0n) is 17.7. The predicted molar refractivity (Wildman–Crippen MR) is 129 cm³/mol. The Morgan fingerprint density at radius 1 is 0.939 bits per heavy atom. The van der Waals surface area contributed by atoms with Crippen LogP contribution in [0.15, 0.2) is 85.2 Å². The van der Waals surface area contributed by atoms with E-state index >= 15 is 0 Å². The third kappa shape index (κ3) is 4.38. The van der Waals surface area contributed by atoms with Crippen molar-refractivity contribution in [1.29, 1.82) is 0 Å². The van der Waals surface area contributed by atoms with Crippen LogP contribution >= 0.6 is 11.6 Å². The van der Waals surface area contributed by atoms with Crippen LogP contribution in [0.25, 0.3) is 0 Å². The van der Waals surface area contributed by atoms with Crippen LogP contribution in [0.3, 0.4) is 0 Å². The summed E-state index contributed by atoms with van der Waals surface area (Å²) in [6, 6.07) is 22.1. The molecular formula is C26H21ClN4O2. The Labute approximate surface area is 196 Å². The highest BCUT2D eigenvalue weighted by Gasteiger charge is 2.25. The fourth-order valence-electron chi connectivity index (χ4n) is 4.01.